The van der Waals surface area contributed by atoms with E-state index in [9.17, 15) is 31.1 Å². The van der Waals surface area contributed by atoms with Crippen LogP contribution in [-0.2, 0) is 4.79 Å². The fourth-order valence-corrected chi connectivity index (χ4v) is 1.62. The van der Waals surface area contributed by atoms with Crippen molar-refractivity contribution in [1.29, 1.82) is 0 Å². The fraction of sp³-hybridized carbons (Fsp3) is 0.889. The van der Waals surface area contributed by atoms with Crippen molar-refractivity contribution in [3.63, 3.8) is 0 Å². The van der Waals surface area contributed by atoms with Gasteiger partial charge in [-0.05, 0) is 20.3 Å². The quantitative estimate of drug-likeness (QED) is 0.626. The molecule has 0 aliphatic rings. The average molecular weight is 300 g/mol. The summed E-state index contributed by atoms with van der Waals surface area (Å²) < 4.78 is 73.0. The number of carbonyl (C=O) groups is 1. The third-order valence-corrected chi connectivity index (χ3v) is 2.16. The molecule has 1 N–H and O–H groups in total. The van der Waals surface area contributed by atoms with Crippen LogP contribution in [0, 0.1) is 5.92 Å². The van der Waals surface area contributed by atoms with E-state index >= 15 is 0 Å². The molecule has 1 amide bonds. The highest BCUT2D eigenvalue weighted by Gasteiger charge is 2.61. The van der Waals surface area contributed by atoms with Gasteiger partial charge in [-0.3, -0.25) is 4.79 Å². The lowest BCUT2D eigenvalue weighted by Gasteiger charge is -2.24. The Bertz CT molecular complexity index is 274. The Morgan fingerprint density at radius 1 is 1.11 bits per heavy atom. The predicted molar refractivity (Wildman–Crippen MR) is 53.1 cm³/mol. The number of hydrogen-bond acceptors (Lipinski definition) is 1. The number of carbonyl (C=O) groups excluding carboxylic acids is 1. The first-order valence-corrected chi connectivity index (χ1v) is 5.37. The van der Waals surface area contributed by atoms with Crippen molar-refractivity contribution in [2.24, 2.45) is 5.92 Å². The number of nitrogens with one attached hydrogen (secondary N) is 1. The average Bonchev–Trinajstić information content (AvgIpc) is 1.93. The highest BCUT2D eigenvalue weighted by atomic mass is 35.5. The van der Waals surface area contributed by atoms with Gasteiger partial charge in [0.2, 0.25) is 11.8 Å². The van der Waals surface area contributed by atoms with Gasteiger partial charge in [0.25, 0.3) is 0 Å². The minimum Gasteiger partial charge on any atom is -0.353 e. The molecule has 2 nitrogen and oxygen atoms in total. The van der Waals surface area contributed by atoms with Crippen molar-refractivity contribution < 1.29 is 31.1 Å². The van der Waals surface area contributed by atoms with Crippen molar-refractivity contribution in [3.8, 4) is 0 Å². The van der Waals surface area contributed by atoms with Crippen LogP contribution >= 0.6 is 11.6 Å². The first-order valence-electron chi connectivity index (χ1n) is 4.93. The van der Waals surface area contributed by atoms with Gasteiger partial charge in [0.1, 0.15) is 0 Å². The standard InChI is InChI=1S/C9H12ClF6NO/c1-4(10)3-5(2)17-7(18)6(8(11,12)13)9(14,15)16/h4-6H,3H2,1-2H3,(H,17,18). The molecule has 108 valence electrons. The van der Waals surface area contributed by atoms with Crippen LogP contribution in [0.1, 0.15) is 20.3 Å². The van der Waals surface area contributed by atoms with E-state index in [-0.39, 0.29) is 6.42 Å². The summed E-state index contributed by atoms with van der Waals surface area (Å²) in [6.07, 6.45) is -11.3. The molecule has 0 aromatic carbocycles. The molecule has 0 aliphatic carbocycles. The Kier molecular flexibility index (Phi) is 5.77. The first-order chi connectivity index (χ1) is 7.85. The van der Waals surface area contributed by atoms with Crippen LogP contribution in [0.25, 0.3) is 0 Å². The van der Waals surface area contributed by atoms with Crippen molar-refractivity contribution in [2.75, 3.05) is 0 Å². The van der Waals surface area contributed by atoms with E-state index in [0.29, 0.717) is 0 Å². The van der Waals surface area contributed by atoms with E-state index < -0.39 is 35.6 Å². The molecule has 0 saturated heterocycles. The van der Waals surface area contributed by atoms with Gasteiger partial charge in [0.15, 0.2) is 0 Å². The zero-order chi connectivity index (χ0) is 14.7. The number of alkyl halides is 7. The summed E-state index contributed by atoms with van der Waals surface area (Å²) in [6.45, 7) is 2.79. The van der Waals surface area contributed by atoms with E-state index in [0.717, 1.165) is 0 Å². The molecule has 0 aromatic heterocycles. The summed E-state index contributed by atoms with van der Waals surface area (Å²) in [5, 5.41) is 1.18. The molecule has 9 heteroatoms. The zero-order valence-corrected chi connectivity index (χ0v) is 10.2. The molecule has 0 heterocycles. The van der Waals surface area contributed by atoms with E-state index in [4.69, 9.17) is 11.6 Å². The van der Waals surface area contributed by atoms with E-state index in [1.807, 2.05) is 0 Å². The molecule has 0 fully saturated rings. The molecule has 2 atom stereocenters. The Labute approximate surface area is 105 Å². The Balaban J connectivity index is 4.80. The van der Waals surface area contributed by atoms with Gasteiger partial charge < -0.3 is 5.32 Å². The highest BCUT2D eigenvalue weighted by molar-refractivity contribution is 6.20. The lowest BCUT2D eigenvalue weighted by Crippen LogP contribution is -2.50. The van der Waals surface area contributed by atoms with Crippen LogP contribution in [0.3, 0.4) is 0 Å². The molecule has 2 unspecified atom stereocenters. The maximum atomic E-state index is 12.2. The predicted octanol–water partition coefficient (Wildman–Crippen LogP) is 3.25. The molecule has 0 aliphatic heterocycles. The van der Waals surface area contributed by atoms with Crippen LogP contribution in [0.4, 0.5) is 26.3 Å². The monoisotopic (exact) mass is 299 g/mol. The van der Waals surface area contributed by atoms with Crippen LogP contribution in [-0.4, -0.2) is 29.7 Å². The summed E-state index contributed by atoms with van der Waals surface area (Å²) in [6, 6.07) is -0.878. The maximum absolute atomic E-state index is 12.2. The van der Waals surface area contributed by atoms with Crippen LogP contribution in [0.2, 0.25) is 0 Å². The maximum Gasteiger partial charge on any atom is 0.409 e. The second-order valence-electron chi connectivity index (χ2n) is 3.94. The summed E-state index contributed by atoms with van der Waals surface area (Å²) in [7, 11) is 0. The normalized spacial score (nSPS) is 16.6. The lowest BCUT2D eigenvalue weighted by atomic mass is 10.1. The smallest absolute Gasteiger partial charge is 0.353 e. The second-order valence-corrected chi connectivity index (χ2v) is 4.69. The summed E-state index contributed by atoms with van der Waals surface area (Å²) in [4.78, 5) is 11.0. The second kappa shape index (κ2) is 5.99. The number of rotatable bonds is 4. The summed E-state index contributed by atoms with van der Waals surface area (Å²) in [5.41, 5.74) is 0. The van der Waals surface area contributed by atoms with E-state index in [1.54, 1.807) is 5.32 Å². The third kappa shape index (κ3) is 5.79. The van der Waals surface area contributed by atoms with Crippen molar-refractivity contribution >= 4 is 17.5 Å². The minimum absolute atomic E-state index is 0.0652. The first kappa shape index (κ1) is 17.3. The third-order valence-electron chi connectivity index (χ3n) is 1.98. The number of amides is 1. The van der Waals surface area contributed by atoms with Gasteiger partial charge in [-0.25, -0.2) is 0 Å². The van der Waals surface area contributed by atoms with Crippen LogP contribution in [0.15, 0.2) is 0 Å². The molecular formula is C9H12ClF6NO. The molecular weight excluding hydrogens is 288 g/mol. The van der Waals surface area contributed by atoms with Gasteiger partial charge in [-0.2, -0.15) is 26.3 Å². The lowest BCUT2D eigenvalue weighted by molar-refractivity contribution is -0.274. The van der Waals surface area contributed by atoms with Gasteiger partial charge in [-0.1, -0.05) is 0 Å². The van der Waals surface area contributed by atoms with Gasteiger partial charge in [-0.15, -0.1) is 11.6 Å². The topological polar surface area (TPSA) is 29.1 Å². The Morgan fingerprint density at radius 2 is 1.50 bits per heavy atom. The van der Waals surface area contributed by atoms with Crippen molar-refractivity contribution in [2.45, 2.75) is 44.0 Å². The largest absolute Gasteiger partial charge is 0.409 e. The molecule has 0 aromatic rings. The van der Waals surface area contributed by atoms with Crippen molar-refractivity contribution in [1.82, 2.24) is 5.32 Å². The SMILES string of the molecule is CC(Cl)CC(C)NC(=O)C(C(F)(F)F)C(F)(F)F. The van der Waals surface area contributed by atoms with Gasteiger partial charge in [0, 0.05) is 11.4 Å². The van der Waals surface area contributed by atoms with Crippen molar-refractivity contribution in [3.05, 3.63) is 0 Å². The molecule has 0 bridgehead atoms. The van der Waals surface area contributed by atoms with Gasteiger partial charge >= 0.3 is 12.4 Å². The number of hydrogen-bond donors (Lipinski definition) is 1. The van der Waals surface area contributed by atoms with Gasteiger partial charge in [0.05, 0.1) is 0 Å². The Hall–Kier alpha value is -0.660. The van der Waals surface area contributed by atoms with Crippen LogP contribution in [0.5, 0.6) is 0 Å². The summed E-state index contributed by atoms with van der Waals surface area (Å²) in [5.74, 6) is -6.13. The molecule has 18 heavy (non-hydrogen) atoms. The van der Waals surface area contributed by atoms with Crippen LogP contribution < -0.4 is 5.32 Å². The molecule has 0 saturated carbocycles. The molecule has 0 spiro atoms. The Morgan fingerprint density at radius 3 is 1.78 bits per heavy atom. The fourth-order valence-electron chi connectivity index (χ4n) is 1.36. The van der Waals surface area contributed by atoms with E-state index in [1.165, 1.54) is 13.8 Å². The highest BCUT2D eigenvalue weighted by Crippen LogP contribution is 2.39. The van der Waals surface area contributed by atoms with E-state index in [2.05, 4.69) is 0 Å². The molecule has 0 radical (unpaired) electrons. The number of halogens is 7. The molecule has 0 rings (SSSR count). The minimum atomic E-state index is -5.67. The zero-order valence-electron chi connectivity index (χ0n) is 9.49. The summed E-state index contributed by atoms with van der Waals surface area (Å²) >= 11 is 5.52.